The Hall–Kier alpha value is -1.39. The zero-order valence-electron chi connectivity index (χ0n) is 15.4. The molecule has 0 bridgehead atoms. The van der Waals surface area contributed by atoms with E-state index < -0.39 is 0 Å². The van der Waals surface area contributed by atoms with E-state index in [1.807, 2.05) is 0 Å². The molecule has 138 valence electrons. The maximum absolute atomic E-state index is 13.0. The number of amides is 1. The van der Waals surface area contributed by atoms with Crippen LogP contribution in [0.15, 0.2) is 24.3 Å². The van der Waals surface area contributed by atoms with Crippen molar-refractivity contribution in [1.29, 1.82) is 0 Å². The largest absolute Gasteiger partial charge is 0.373 e. The van der Waals surface area contributed by atoms with E-state index in [1.54, 1.807) is 0 Å². The molecule has 3 N–H and O–H groups in total. The van der Waals surface area contributed by atoms with Gasteiger partial charge in [0, 0.05) is 19.2 Å². The van der Waals surface area contributed by atoms with Crippen LogP contribution in [0.1, 0.15) is 62.2 Å². The summed E-state index contributed by atoms with van der Waals surface area (Å²) in [6.07, 6.45) is 7.89. The molecule has 4 nitrogen and oxygen atoms in total. The van der Waals surface area contributed by atoms with Gasteiger partial charge in [0.05, 0.1) is 12.0 Å². The van der Waals surface area contributed by atoms with Gasteiger partial charge in [0.1, 0.15) is 0 Å². The average Bonchev–Trinajstić information content (AvgIpc) is 2.67. The highest BCUT2D eigenvalue weighted by Gasteiger charge is 2.35. The van der Waals surface area contributed by atoms with E-state index in [4.69, 9.17) is 10.5 Å². The number of ether oxygens (including phenoxy) is 1. The first-order chi connectivity index (χ1) is 12.2. The van der Waals surface area contributed by atoms with Gasteiger partial charge < -0.3 is 15.8 Å². The number of rotatable bonds is 5. The Balaban J connectivity index is 1.68. The van der Waals surface area contributed by atoms with Crippen LogP contribution >= 0.6 is 0 Å². The second-order valence-electron chi connectivity index (χ2n) is 7.70. The van der Waals surface area contributed by atoms with Gasteiger partial charge in [-0.15, -0.1) is 0 Å². The lowest BCUT2D eigenvalue weighted by molar-refractivity contribution is -0.135. The summed E-state index contributed by atoms with van der Waals surface area (Å²) in [7, 11) is 0. The van der Waals surface area contributed by atoms with E-state index in [9.17, 15) is 4.79 Å². The van der Waals surface area contributed by atoms with Crippen molar-refractivity contribution in [3.63, 3.8) is 0 Å². The zero-order valence-corrected chi connectivity index (χ0v) is 15.4. The zero-order chi connectivity index (χ0) is 17.6. The first kappa shape index (κ1) is 18.4. The Morgan fingerprint density at radius 2 is 1.88 bits per heavy atom. The molecular formula is C21H32N2O2. The van der Waals surface area contributed by atoms with Crippen LogP contribution in [-0.4, -0.2) is 25.1 Å². The molecule has 1 saturated heterocycles. The van der Waals surface area contributed by atoms with E-state index in [-0.39, 0.29) is 24.0 Å². The van der Waals surface area contributed by atoms with Crippen molar-refractivity contribution in [2.45, 2.75) is 64.0 Å². The Kier molecular flexibility index (Phi) is 6.49. The number of nitrogens with two attached hydrogens (primary N) is 1. The molecule has 4 heteroatoms. The van der Waals surface area contributed by atoms with E-state index >= 15 is 0 Å². The summed E-state index contributed by atoms with van der Waals surface area (Å²) in [4.78, 5) is 13.0. The summed E-state index contributed by atoms with van der Waals surface area (Å²) in [5.41, 5.74) is 8.33. The molecule has 0 radical (unpaired) electrons. The van der Waals surface area contributed by atoms with Crippen molar-refractivity contribution in [1.82, 2.24) is 5.32 Å². The number of carbonyl (C=O) groups excluding carboxylic acids is 1. The van der Waals surface area contributed by atoms with Gasteiger partial charge in [-0.05, 0) is 44.1 Å². The van der Waals surface area contributed by atoms with Crippen LogP contribution in [0.3, 0.4) is 0 Å². The molecule has 0 aromatic heterocycles. The number of nitrogens with one attached hydrogen (secondary N) is 1. The van der Waals surface area contributed by atoms with Gasteiger partial charge in [-0.1, -0.05) is 49.1 Å². The number of hydrogen-bond donors (Lipinski definition) is 2. The lowest BCUT2D eigenvalue weighted by Crippen LogP contribution is -2.49. The van der Waals surface area contributed by atoms with E-state index in [0.717, 1.165) is 25.0 Å². The minimum Gasteiger partial charge on any atom is -0.373 e. The highest BCUT2D eigenvalue weighted by molar-refractivity contribution is 5.80. The van der Waals surface area contributed by atoms with Crippen LogP contribution in [0, 0.1) is 18.8 Å². The van der Waals surface area contributed by atoms with Crippen molar-refractivity contribution < 1.29 is 9.53 Å². The molecule has 3 rings (SSSR count). The van der Waals surface area contributed by atoms with E-state index in [1.165, 1.54) is 37.7 Å². The predicted octanol–water partition coefficient (Wildman–Crippen LogP) is 3.49. The van der Waals surface area contributed by atoms with Gasteiger partial charge in [0.25, 0.3) is 0 Å². The monoisotopic (exact) mass is 344 g/mol. The third kappa shape index (κ3) is 4.62. The summed E-state index contributed by atoms with van der Waals surface area (Å²) in [5.74, 6) is 0.533. The third-order valence-corrected chi connectivity index (χ3v) is 5.87. The topological polar surface area (TPSA) is 64.3 Å². The van der Waals surface area contributed by atoms with Crippen LogP contribution in [0.5, 0.6) is 0 Å². The smallest absolute Gasteiger partial charge is 0.226 e. The van der Waals surface area contributed by atoms with Crippen LogP contribution in [-0.2, 0) is 9.53 Å². The fraction of sp³-hybridized carbons (Fsp3) is 0.667. The molecule has 1 amide bonds. The Labute approximate surface area is 151 Å². The number of aryl methyl sites for hydroxylation is 1. The average molecular weight is 344 g/mol. The van der Waals surface area contributed by atoms with Gasteiger partial charge in [0.2, 0.25) is 5.91 Å². The van der Waals surface area contributed by atoms with Crippen molar-refractivity contribution in [3.05, 3.63) is 35.4 Å². The van der Waals surface area contributed by atoms with E-state index in [2.05, 4.69) is 36.5 Å². The van der Waals surface area contributed by atoms with Crippen molar-refractivity contribution in [2.24, 2.45) is 17.6 Å². The standard InChI is InChI=1S/C21H32N2O2/c1-15-9-11-17(12-10-15)20-18(8-5-13-25-20)21(24)23-19(14-22)16-6-3-2-4-7-16/h9-12,16,18-20H,2-8,13-14,22H2,1H3,(H,23,24). The molecule has 3 atom stereocenters. The summed E-state index contributed by atoms with van der Waals surface area (Å²) in [5, 5.41) is 3.27. The third-order valence-electron chi connectivity index (χ3n) is 5.87. The van der Waals surface area contributed by atoms with Crippen LogP contribution in [0.25, 0.3) is 0 Å². The first-order valence-electron chi connectivity index (χ1n) is 9.87. The van der Waals surface area contributed by atoms with Crippen molar-refractivity contribution in [2.75, 3.05) is 13.2 Å². The molecule has 2 aliphatic rings. The maximum Gasteiger partial charge on any atom is 0.226 e. The van der Waals surface area contributed by atoms with Gasteiger partial charge >= 0.3 is 0 Å². The summed E-state index contributed by atoms with van der Waals surface area (Å²) in [6, 6.07) is 8.47. The van der Waals surface area contributed by atoms with Crippen LogP contribution < -0.4 is 11.1 Å². The Bertz CT molecular complexity index is 552. The fourth-order valence-corrected chi connectivity index (χ4v) is 4.33. The normalized spacial score (nSPS) is 26.2. The summed E-state index contributed by atoms with van der Waals surface area (Å²) < 4.78 is 6.01. The van der Waals surface area contributed by atoms with Crippen LogP contribution in [0.2, 0.25) is 0 Å². The number of carbonyl (C=O) groups is 1. The molecule has 25 heavy (non-hydrogen) atoms. The summed E-state index contributed by atoms with van der Waals surface area (Å²) >= 11 is 0. The Morgan fingerprint density at radius 3 is 2.56 bits per heavy atom. The quantitative estimate of drug-likeness (QED) is 0.859. The van der Waals surface area contributed by atoms with E-state index in [0.29, 0.717) is 12.5 Å². The van der Waals surface area contributed by atoms with Gasteiger partial charge in [-0.3, -0.25) is 4.79 Å². The molecule has 1 aliphatic heterocycles. The molecule has 1 aromatic rings. The van der Waals surface area contributed by atoms with Gasteiger partial charge in [-0.2, -0.15) is 0 Å². The number of hydrogen-bond acceptors (Lipinski definition) is 3. The van der Waals surface area contributed by atoms with Crippen molar-refractivity contribution in [3.8, 4) is 0 Å². The molecule has 1 heterocycles. The second kappa shape index (κ2) is 8.81. The predicted molar refractivity (Wildman–Crippen MR) is 100 cm³/mol. The number of benzene rings is 1. The lowest BCUT2D eigenvalue weighted by atomic mass is 9.83. The highest BCUT2D eigenvalue weighted by atomic mass is 16.5. The molecule has 1 aromatic carbocycles. The summed E-state index contributed by atoms with van der Waals surface area (Å²) in [6.45, 7) is 3.33. The SMILES string of the molecule is Cc1ccc(C2OCCCC2C(=O)NC(CN)C2CCCCC2)cc1. The first-order valence-corrected chi connectivity index (χ1v) is 9.87. The lowest BCUT2D eigenvalue weighted by Gasteiger charge is -2.35. The molecule has 3 unspecified atom stereocenters. The molecular weight excluding hydrogens is 312 g/mol. The van der Waals surface area contributed by atoms with Gasteiger partial charge in [0.15, 0.2) is 0 Å². The molecule has 1 saturated carbocycles. The molecule has 2 fully saturated rings. The highest BCUT2D eigenvalue weighted by Crippen LogP contribution is 2.34. The van der Waals surface area contributed by atoms with Crippen molar-refractivity contribution >= 4 is 5.91 Å². The van der Waals surface area contributed by atoms with Crippen LogP contribution in [0.4, 0.5) is 0 Å². The molecule has 1 aliphatic carbocycles. The fourth-order valence-electron chi connectivity index (χ4n) is 4.33. The Morgan fingerprint density at radius 1 is 1.16 bits per heavy atom. The minimum atomic E-state index is -0.140. The minimum absolute atomic E-state index is 0.105. The van der Waals surface area contributed by atoms with Gasteiger partial charge in [-0.25, -0.2) is 0 Å². The second-order valence-corrected chi connectivity index (χ2v) is 7.70. The maximum atomic E-state index is 13.0. The molecule has 0 spiro atoms.